The average Bonchev–Trinajstić information content (AvgIpc) is 3.57. The third-order valence-electron chi connectivity index (χ3n) is 7.16. The molecule has 1 fully saturated rings. The molecule has 2 aromatic heterocycles. The number of urea groups is 1. The fraction of sp³-hybridized carbons (Fsp3) is 0.406. The van der Waals surface area contributed by atoms with Gasteiger partial charge in [-0.05, 0) is 90.1 Å². The maximum Gasteiger partial charge on any atom is 0.418 e. The molecule has 2 aliphatic rings. The normalized spacial score (nSPS) is 17.3. The van der Waals surface area contributed by atoms with Crippen molar-refractivity contribution in [3.8, 4) is 5.82 Å². The molecule has 1 atom stereocenters. The van der Waals surface area contributed by atoms with E-state index >= 15 is 0 Å². The van der Waals surface area contributed by atoms with E-state index in [1.54, 1.807) is 88.7 Å². The molecule has 256 valence electrons. The maximum atomic E-state index is 14.0. The fourth-order valence-corrected chi connectivity index (χ4v) is 7.69. The van der Waals surface area contributed by atoms with Crippen molar-refractivity contribution in [3.63, 3.8) is 0 Å². The number of nitrogens with zero attached hydrogens (tertiary/aromatic N) is 6. The van der Waals surface area contributed by atoms with Crippen LogP contribution in [0.2, 0.25) is 0 Å². The molecule has 5 rings (SSSR count). The van der Waals surface area contributed by atoms with E-state index in [1.165, 1.54) is 17.1 Å². The van der Waals surface area contributed by atoms with Gasteiger partial charge in [-0.25, -0.2) is 22.9 Å². The van der Waals surface area contributed by atoms with Gasteiger partial charge in [0.2, 0.25) is 10.0 Å². The predicted molar refractivity (Wildman–Crippen MR) is 183 cm³/mol. The van der Waals surface area contributed by atoms with Gasteiger partial charge in [0.05, 0.1) is 17.7 Å². The van der Waals surface area contributed by atoms with Crippen LogP contribution in [0.4, 0.5) is 21.1 Å². The molecule has 0 spiro atoms. The van der Waals surface area contributed by atoms with Crippen molar-refractivity contribution in [2.45, 2.75) is 64.4 Å². The minimum Gasteiger partial charge on any atom is -0.459 e. The Morgan fingerprint density at radius 2 is 1.62 bits per heavy atom. The number of allylic oxidation sites excluding steroid dienone is 3. The number of carbonyl (C=O) groups excluding carboxylic acids is 3. The molecule has 48 heavy (non-hydrogen) atoms. The van der Waals surface area contributed by atoms with Gasteiger partial charge < -0.3 is 9.47 Å². The van der Waals surface area contributed by atoms with E-state index in [4.69, 9.17) is 32.7 Å². The number of fused-ring (bicyclic) bond motifs is 1. The molecule has 1 aliphatic heterocycles. The SMILES string of the molecule is CC(C)(C)OC(=O)CN(c1ccc2c(ccn2-c2ccc(N3CCN(C(=O)OC(C)(C)C)C3=O)nn2)c1)S(=O)(=O)C1C=C(Cl)C=C(Cl)C1. The van der Waals surface area contributed by atoms with Crippen molar-refractivity contribution in [3.05, 3.63) is 64.8 Å². The summed E-state index contributed by atoms with van der Waals surface area (Å²) in [5.41, 5.74) is -0.659. The smallest absolute Gasteiger partial charge is 0.418 e. The third-order valence-corrected chi connectivity index (χ3v) is 9.68. The maximum absolute atomic E-state index is 14.0. The first-order valence-electron chi connectivity index (χ1n) is 15.1. The number of sulfonamides is 1. The van der Waals surface area contributed by atoms with Crippen LogP contribution in [-0.4, -0.2) is 82.3 Å². The van der Waals surface area contributed by atoms with Gasteiger partial charge in [-0.2, -0.15) is 0 Å². The fourth-order valence-electron chi connectivity index (χ4n) is 5.17. The molecule has 0 bridgehead atoms. The minimum absolute atomic E-state index is 0.000272. The second-order valence-corrected chi connectivity index (χ2v) is 16.3. The van der Waals surface area contributed by atoms with Crippen LogP contribution >= 0.6 is 23.2 Å². The predicted octanol–water partition coefficient (Wildman–Crippen LogP) is 6.09. The topological polar surface area (TPSA) is 144 Å². The van der Waals surface area contributed by atoms with Crippen molar-refractivity contribution in [1.82, 2.24) is 19.7 Å². The highest BCUT2D eigenvalue weighted by Gasteiger charge is 2.38. The van der Waals surface area contributed by atoms with Crippen molar-refractivity contribution in [1.29, 1.82) is 0 Å². The van der Waals surface area contributed by atoms with Gasteiger partial charge in [0.15, 0.2) is 11.6 Å². The van der Waals surface area contributed by atoms with Crippen LogP contribution in [-0.2, 0) is 24.3 Å². The largest absolute Gasteiger partial charge is 0.459 e. The summed E-state index contributed by atoms with van der Waals surface area (Å²) >= 11 is 12.4. The second kappa shape index (κ2) is 13.1. The van der Waals surface area contributed by atoms with Crippen LogP contribution in [0, 0.1) is 0 Å². The van der Waals surface area contributed by atoms with Crippen LogP contribution in [0.15, 0.2) is 64.8 Å². The van der Waals surface area contributed by atoms with Gasteiger partial charge in [-0.3, -0.25) is 18.6 Å². The Bertz CT molecular complexity index is 1930. The molecule has 3 aromatic rings. The van der Waals surface area contributed by atoms with E-state index in [1.807, 2.05) is 0 Å². The van der Waals surface area contributed by atoms with Gasteiger partial charge in [0.1, 0.15) is 23.0 Å². The number of amides is 3. The molecule has 3 amide bonds. The molecule has 16 heteroatoms. The molecule has 1 unspecified atom stereocenters. The van der Waals surface area contributed by atoms with E-state index in [0.717, 1.165) is 9.21 Å². The Labute approximate surface area is 288 Å². The first-order chi connectivity index (χ1) is 22.3. The first-order valence-corrected chi connectivity index (χ1v) is 17.3. The summed E-state index contributed by atoms with van der Waals surface area (Å²) in [6.45, 7) is 10.1. The lowest BCUT2D eigenvalue weighted by Crippen LogP contribution is -2.43. The summed E-state index contributed by atoms with van der Waals surface area (Å²) in [4.78, 5) is 40.7. The van der Waals surface area contributed by atoms with E-state index < -0.39 is 51.1 Å². The van der Waals surface area contributed by atoms with Gasteiger partial charge in [-0.15, -0.1) is 10.2 Å². The van der Waals surface area contributed by atoms with E-state index in [9.17, 15) is 22.8 Å². The molecule has 13 nitrogen and oxygen atoms in total. The summed E-state index contributed by atoms with van der Waals surface area (Å²) < 4.78 is 41.5. The Morgan fingerprint density at radius 1 is 0.958 bits per heavy atom. The molecule has 0 N–H and O–H groups in total. The highest BCUT2D eigenvalue weighted by molar-refractivity contribution is 7.93. The summed E-state index contributed by atoms with van der Waals surface area (Å²) in [5, 5.41) is 8.56. The number of imide groups is 1. The molecule has 0 radical (unpaired) electrons. The highest BCUT2D eigenvalue weighted by atomic mass is 35.5. The van der Waals surface area contributed by atoms with Crippen LogP contribution in [0.3, 0.4) is 0 Å². The summed E-state index contributed by atoms with van der Waals surface area (Å²) in [6, 6.07) is 9.45. The quantitative estimate of drug-likeness (QED) is 0.265. The number of halogens is 2. The van der Waals surface area contributed by atoms with Crippen molar-refractivity contribution in [2.24, 2.45) is 0 Å². The Kier molecular flexibility index (Phi) is 9.56. The standard InChI is InChI=1S/C32H36Cl2N6O7S/c1-31(2,3)46-28(41)19-40(48(44,45)24-17-21(33)16-22(34)18-24)23-7-8-25-20(15-23)11-12-37(25)26-9-10-27(36-35-26)38-13-14-39(29(38)42)30(43)47-32(4,5)6/h7-12,15-17,24H,13-14,18-19H2,1-6H3. The summed E-state index contributed by atoms with van der Waals surface area (Å²) in [6.07, 6.45) is 3.89. The molecular formula is C32H36Cl2N6O7S. The lowest BCUT2D eigenvalue weighted by molar-refractivity contribution is -0.152. The van der Waals surface area contributed by atoms with Gasteiger partial charge in [0, 0.05) is 34.6 Å². The Morgan fingerprint density at radius 3 is 2.25 bits per heavy atom. The van der Waals surface area contributed by atoms with Gasteiger partial charge in [-0.1, -0.05) is 23.2 Å². The van der Waals surface area contributed by atoms with E-state index in [0.29, 0.717) is 16.7 Å². The zero-order valence-electron chi connectivity index (χ0n) is 27.3. The minimum atomic E-state index is -4.19. The lowest BCUT2D eigenvalue weighted by Gasteiger charge is -2.30. The molecular weight excluding hydrogens is 683 g/mol. The van der Waals surface area contributed by atoms with Crippen LogP contribution < -0.4 is 9.21 Å². The molecule has 1 aliphatic carbocycles. The number of anilines is 2. The van der Waals surface area contributed by atoms with Gasteiger partial charge in [0.25, 0.3) is 0 Å². The monoisotopic (exact) mass is 718 g/mol. The number of hydrogen-bond acceptors (Lipinski definition) is 9. The van der Waals surface area contributed by atoms with E-state index in [2.05, 4.69) is 10.2 Å². The second-order valence-electron chi connectivity index (χ2n) is 13.3. The van der Waals surface area contributed by atoms with Crippen LogP contribution in [0.5, 0.6) is 0 Å². The lowest BCUT2D eigenvalue weighted by atomic mass is 10.2. The van der Waals surface area contributed by atoms with Crippen molar-refractivity contribution >= 4 is 73.7 Å². The zero-order valence-corrected chi connectivity index (χ0v) is 29.6. The Hall–Kier alpha value is -4.14. The molecule has 1 saturated heterocycles. The third kappa shape index (κ3) is 7.77. The summed E-state index contributed by atoms with van der Waals surface area (Å²) in [5.74, 6) is -0.0283. The Balaban J connectivity index is 1.41. The first kappa shape index (κ1) is 35.2. The van der Waals surface area contributed by atoms with Crippen LogP contribution in [0.1, 0.15) is 48.0 Å². The van der Waals surface area contributed by atoms with Crippen LogP contribution in [0.25, 0.3) is 16.7 Å². The number of aromatic nitrogens is 3. The number of rotatable bonds is 7. The van der Waals surface area contributed by atoms with E-state index in [-0.39, 0.29) is 41.1 Å². The van der Waals surface area contributed by atoms with Gasteiger partial charge >= 0.3 is 18.1 Å². The van der Waals surface area contributed by atoms with Crippen molar-refractivity contribution in [2.75, 3.05) is 28.8 Å². The number of hydrogen-bond donors (Lipinski definition) is 0. The molecule has 1 aromatic carbocycles. The highest BCUT2D eigenvalue weighted by Crippen LogP contribution is 2.33. The number of esters is 1. The number of ether oxygens (including phenoxy) is 2. The van der Waals surface area contributed by atoms with Crippen molar-refractivity contribution < 1.29 is 32.3 Å². The zero-order chi connectivity index (χ0) is 35.2. The number of carbonyl (C=O) groups is 3. The molecule has 3 heterocycles. The molecule has 0 saturated carbocycles. The average molecular weight is 720 g/mol. The summed E-state index contributed by atoms with van der Waals surface area (Å²) in [7, 11) is -4.19. The number of benzene rings is 1.